The van der Waals surface area contributed by atoms with Crippen LogP contribution in [-0.2, 0) is 12.0 Å². The standard InChI is InChI=1S/C14H21N3O3/c1-14(2,3)11-6-5-9(8-16-17-13(19)20)7-10(11)12(18)15-4/h5-7,16-17H,8H2,1-4H3,(H,15,18)(H,19,20). The van der Waals surface area contributed by atoms with Gasteiger partial charge < -0.3 is 10.4 Å². The van der Waals surface area contributed by atoms with Crippen molar-refractivity contribution in [2.24, 2.45) is 0 Å². The minimum absolute atomic E-state index is 0.146. The van der Waals surface area contributed by atoms with Crippen LogP contribution in [0.5, 0.6) is 0 Å². The van der Waals surface area contributed by atoms with Crippen molar-refractivity contribution in [3.8, 4) is 0 Å². The van der Waals surface area contributed by atoms with E-state index in [4.69, 9.17) is 5.11 Å². The van der Waals surface area contributed by atoms with E-state index in [1.165, 1.54) is 0 Å². The Balaban J connectivity index is 3.02. The topological polar surface area (TPSA) is 90.5 Å². The number of hydrogen-bond donors (Lipinski definition) is 4. The fraction of sp³-hybridized carbons (Fsp3) is 0.429. The Bertz CT molecular complexity index is 507. The second-order valence-corrected chi connectivity index (χ2v) is 5.49. The first-order valence-corrected chi connectivity index (χ1v) is 6.33. The number of carbonyl (C=O) groups excluding carboxylic acids is 1. The van der Waals surface area contributed by atoms with Crippen LogP contribution in [0.4, 0.5) is 4.79 Å². The first-order chi connectivity index (χ1) is 9.25. The molecular weight excluding hydrogens is 258 g/mol. The largest absolute Gasteiger partial charge is 0.464 e. The van der Waals surface area contributed by atoms with E-state index in [0.717, 1.165) is 11.1 Å². The van der Waals surface area contributed by atoms with Crippen LogP contribution in [0.25, 0.3) is 0 Å². The minimum atomic E-state index is -1.15. The van der Waals surface area contributed by atoms with Crippen LogP contribution in [0.1, 0.15) is 42.3 Å². The second-order valence-electron chi connectivity index (χ2n) is 5.49. The fourth-order valence-electron chi connectivity index (χ4n) is 1.90. The van der Waals surface area contributed by atoms with Crippen LogP contribution in [0, 0.1) is 0 Å². The van der Waals surface area contributed by atoms with E-state index < -0.39 is 6.09 Å². The van der Waals surface area contributed by atoms with Gasteiger partial charge in [0.2, 0.25) is 0 Å². The summed E-state index contributed by atoms with van der Waals surface area (Å²) in [7, 11) is 1.59. The van der Waals surface area contributed by atoms with E-state index in [1.54, 1.807) is 13.1 Å². The number of nitrogens with one attached hydrogen (secondary N) is 3. The number of hydrazine groups is 1. The van der Waals surface area contributed by atoms with Crippen molar-refractivity contribution < 1.29 is 14.7 Å². The van der Waals surface area contributed by atoms with Gasteiger partial charge in [-0.2, -0.15) is 0 Å². The van der Waals surface area contributed by atoms with Crippen LogP contribution in [0.3, 0.4) is 0 Å². The van der Waals surface area contributed by atoms with Gasteiger partial charge in [0.05, 0.1) is 0 Å². The summed E-state index contributed by atoms with van der Waals surface area (Å²) in [5, 5.41) is 11.1. The lowest BCUT2D eigenvalue weighted by molar-refractivity contribution is 0.0960. The minimum Gasteiger partial charge on any atom is -0.464 e. The molecule has 1 rings (SSSR count). The molecule has 1 aromatic carbocycles. The van der Waals surface area contributed by atoms with E-state index in [9.17, 15) is 9.59 Å². The van der Waals surface area contributed by atoms with Gasteiger partial charge >= 0.3 is 6.09 Å². The van der Waals surface area contributed by atoms with Crippen molar-refractivity contribution in [2.45, 2.75) is 32.7 Å². The van der Waals surface area contributed by atoms with E-state index >= 15 is 0 Å². The molecule has 0 aliphatic rings. The zero-order valence-electron chi connectivity index (χ0n) is 12.2. The Labute approximate surface area is 118 Å². The van der Waals surface area contributed by atoms with E-state index in [0.29, 0.717) is 12.1 Å². The van der Waals surface area contributed by atoms with Gasteiger partial charge in [0.25, 0.3) is 5.91 Å². The molecule has 1 aromatic rings. The van der Waals surface area contributed by atoms with Crippen molar-refractivity contribution in [1.29, 1.82) is 0 Å². The Morgan fingerprint density at radius 2 is 1.90 bits per heavy atom. The molecule has 6 nitrogen and oxygen atoms in total. The SMILES string of the molecule is CNC(=O)c1cc(CNNC(=O)O)ccc1C(C)(C)C. The quantitative estimate of drug-likeness (QED) is 0.630. The Kier molecular flexibility index (Phi) is 5.10. The molecule has 6 heteroatoms. The second kappa shape index (κ2) is 6.38. The van der Waals surface area contributed by atoms with E-state index in [1.807, 2.05) is 32.9 Å². The zero-order valence-corrected chi connectivity index (χ0v) is 12.2. The van der Waals surface area contributed by atoms with Crippen molar-refractivity contribution in [3.05, 3.63) is 34.9 Å². The van der Waals surface area contributed by atoms with Crippen LogP contribution < -0.4 is 16.2 Å². The molecule has 0 atom stereocenters. The molecule has 110 valence electrons. The monoisotopic (exact) mass is 279 g/mol. The van der Waals surface area contributed by atoms with Crippen LogP contribution >= 0.6 is 0 Å². The highest BCUT2D eigenvalue weighted by Crippen LogP contribution is 2.26. The van der Waals surface area contributed by atoms with E-state index in [-0.39, 0.29) is 11.3 Å². The predicted molar refractivity (Wildman–Crippen MR) is 76.5 cm³/mol. The van der Waals surface area contributed by atoms with Crippen LogP contribution in [-0.4, -0.2) is 24.2 Å². The molecule has 4 N–H and O–H groups in total. The molecule has 0 unspecified atom stereocenters. The van der Waals surface area contributed by atoms with Gasteiger partial charge in [-0.1, -0.05) is 32.9 Å². The molecule has 0 saturated heterocycles. The van der Waals surface area contributed by atoms with Gasteiger partial charge in [-0.3, -0.25) is 10.2 Å². The average Bonchev–Trinajstić information content (AvgIpc) is 2.36. The molecular formula is C14H21N3O3. The number of benzene rings is 1. The van der Waals surface area contributed by atoms with Gasteiger partial charge in [0.1, 0.15) is 0 Å². The lowest BCUT2D eigenvalue weighted by Crippen LogP contribution is -2.35. The molecule has 0 aliphatic carbocycles. The maximum absolute atomic E-state index is 12.0. The third kappa shape index (κ3) is 4.24. The highest BCUT2D eigenvalue weighted by molar-refractivity contribution is 5.96. The number of rotatable bonds is 4. The number of carbonyl (C=O) groups is 2. The van der Waals surface area contributed by atoms with Gasteiger partial charge in [-0.25, -0.2) is 10.2 Å². The summed E-state index contributed by atoms with van der Waals surface area (Å²) in [4.78, 5) is 22.3. The zero-order chi connectivity index (χ0) is 15.3. The average molecular weight is 279 g/mol. The lowest BCUT2D eigenvalue weighted by Gasteiger charge is -2.23. The molecule has 0 spiro atoms. The molecule has 0 radical (unpaired) electrons. The molecule has 0 aromatic heterocycles. The van der Waals surface area contributed by atoms with Crippen molar-refractivity contribution in [3.63, 3.8) is 0 Å². The molecule has 0 heterocycles. The smallest absolute Gasteiger partial charge is 0.419 e. The fourth-order valence-corrected chi connectivity index (χ4v) is 1.90. The summed E-state index contributed by atoms with van der Waals surface area (Å²) in [6, 6.07) is 5.56. The molecule has 0 saturated carbocycles. The molecule has 20 heavy (non-hydrogen) atoms. The normalized spacial score (nSPS) is 11.0. The van der Waals surface area contributed by atoms with Gasteiger partial charge in [-0.15, -0.1) is 0 Å². The molecule has 0 aliphatic heterocycles. The Morgan fingerprint density at radius 3 is 2.40 bits per heavy atom. The summed E-state index contributed by atoms with van der Waals surface area (Å²) < 4.78 is 0. The van der Waals surface area contributed by atoms with Gasteiger partial charge in [0, 0.05) is 19.2 Å². The maximum Gasteiger partial charge on any atom is 0.419 e. The Morgan fingerprint density at radius 1 is 1.25 bits per heavy atom. The summed E-state index contributed by atoms with van der Waals surface area (Å²) in [5.74, 6) is -0.150. The van der Waals surface area contributed by atoms with Crippen molar-refractivity contribution in [1.82, 2.24) is 16.2 Å². The number of amides is 2. The summed E-state index contributed by atoms with van der Waals surface area (Å²) in [6.07, 6.45) is -1.15. The number of carboxylic acid groups (broad SMARTS) is 1. The third-order valence-corrected chi connectivity index (χ3v) is 2.85. The number of hydrogen-bond acceptors (Lipinski definition) is 3. The van der Waals surface area contributed by atoms with Gasteiger partial charge in [-0.05, 0) is 22.6 Å². The molecule has 0 fully saturated rings. The predicted octanol–water partition coefficient (Wildman–Crippen LogP) is 1.62. The third-order valence-electron chi connectivity index (χ3n) is 2.85. The lowest BCUT2D eigenvalue weighted by atomic mass is 9.83. The maximum atomic E-state index is 12.0. The molecule has 0 bridgehead atoms. The van der Waals surface area contributed by atoms with Crippen LogP contribution in [0.2, 0.25) is 0 Å². The highest BCUT2D eigenvalue weighted by Gasteiger charge is 2.21. The summed E-state index contributed by atoms with van der Waals surface area (Å²) in [5.41, 5.74) is 6.87. The van der Waals surface area contributed by atoms with Crippen molar-refractivity contribution >= 4 is 12.0 Å². The highest BCUT2D eigenvalue weighted by atomic mass is 16.4. The summed E-state index contributed by atoms with van der Waals surface area (Å²) >= 11 is 0. The first kappa shape index (κ1) is 16.0. The van der Waals surface area contributed by atoms with Gasteiger partial charge in [0.15, 0.2) is 0 Å². The summed E-state index contributed by atoms with van der Waals surface area (Å²) in [6.45, 7) is 6.43. The molecule has 2 amide bonds. The van der Waals surface area contributed by atoms with E-state index in [2.05, 4.69) is 16.2 Å². The van der Waals surface area contributed by atoms with Crippen molar-refractivity contribution in [2.75, 3.05) is 7.05 Å². The Hall–Kier alpha value is -2.08. The first-order valence-electron chi connectivity index (χ1n) is 6.33. The van der Waals surface area contributed by atoms with Crippen LogP contribution in [0.15, 0.2) is 18.2 Å².